The number of rotatable bonds is 4. The molecule has 0 aromatic heterocycles. The Hall–Kier alpha value is -1.75. The molecule has 0 aliphatic rings. The van der Waals surface area contributed by atoms with Gasteiger partial charge in [-0.1, -0.05) is 18.2 Å². The van der Waals surface area contributed by atoms with Crippen molar-refractivity contribution in [1.29, 1.82) is 0 Å². The van der Waals surface area contributed by atoms with Gasteiger partial charge in [-0.25, -0.2) is 8.78 Å². The van der Waals surface area contributed by atoms with Crippen LogP contribution in [0.2, 0.25) is 0 Å². The van der Waals surface area contributed by atoms with Crippen LogP contribution in [0.4, 0.5) is 8.78 Å². The standard InChI is InChI=1S/C14H12F2O2S/c1-18-11-7-6-10(13(16)8-11)9-19(17)14-5-3-2-4-12(14)15/h2-8H,9H2,1H3. The van der Waals surface area contributed by atoms with Crippen molar-refractivity contribution in [1.82, 2.24) is 0 Å². The first-order valence-electron chi connectivity index (χ1n) is 5.57. The first-order chi connectivity index (χ1) is 9.11. The van der Waals surface area contributed by atoms with Crippen molar-refractivity contribution in [2.45, 2.75) is 10.6 Å². The minimum Gasteiger partial charge on any atom is -0.497 e. The van der Waals surface area contributed by atoms with E-state index in [1.165, 1.54) is 37.4 Å². The van der Waals surface area contributed by atoms with Crippen molar-refractivity contribution in [3.8, 4) is 5.75 Å². The van der Waals surface area contributed by atoms with E-state index < -0.39 is 22.4 Å². The van der Waals surface area contributed by atoms with E-state index in [0.29, 0.717) is 5.75 Å². The summed E-state index contributed by atoms with van der Waals surface area (Å²) in [5.74, 6) is -0.742. The van der Waals surface area contributed by atoms with Crippen LogP contribution in [0.25, 0.3) is 0 Å². The molecule has 0 spiro atoms. The number of ether oxygens (including phenoxy) is 1. The summed E-state index contributed by atoms with van der Waals surface area (Å²) in [4.78, 5) is 0.0812. The van der Waals surface area contributed by atoms with Crippen molar-refractivity contribution < 1.29 is 17.7 Å². The van der Waals surface area contributed by atoms with Crippen LogP contribution in [-0.2, 0) is 16.6 Å². The highest BCUT2D eigenvalue weighted by atomic mass is 32.2. The molecule has 19 heavy (non-hydrogen) atoms. The molecular weight excluding hydrogens is 270 g/mol. The van der Waals surface area contributed by atoms with Gasteiger partial charge in [0.1, 0.15) is 17.4 Å². The summed E-state index contributed by atoms with van der Waals surface area (Å²) in [7, 11) is -0.184. The lowest BCUT2D eigenvalue weighted by molar-refractivity contribution is 0.411. The van der Waals surface area contributed by atoms with Crippen LogP contribution in [0.1, 0.15) is 5.56 Å². The highest BCUT2D eigenvalue weighted by Crippen LogP contribution is 2.20. The normalized spacial score (nSPS) is 12.2. The minimum atomic E-state index is -1.62. The SMILES string of the molecule is COc1ccc(CS(=O)c2ccccc2F)c(F)c1. The molecular formula is C14H12F2O2S. The second-order valence-corrected chi connectivity index (χ2v) is 5.30. The largest absolute Gasteiger partial charge is 0.497 e. The van der Waals surface area contributed by atoms with Gasteiger partial charge in [0.05, 0.1) is 28.6 Å². The van der Waals surface area contributed by atoms with Gasteiger partial charge in [0.2, 0.25) is 0 Å². The predicted molar refractivity (Wildman–Crippen MR) is 69.5 cm³/mol. The van der Waals surface area contributed by atoms with Crippen molar-refractivity contribution in [2.75, 3.05) is 7.11 Å². The van der Waals surface area contributed by atoms with E-state index >= 15 is 0 Å². The molecule has 0 saturated heterocycles. The minimum absolute atomic E-state index is 0.0727. The maximum atomic E-state index is 13.7. The van der Waals surface area contributed by atoms with Crippen LogP contribution in [-0.4, -0.2) is 11.3 Å². The zero-order valence-electron chi connectivity index (χ0n) is 10.2. The molecule has 0 amide bonds. The average Bonchev–Trinajstić information content (AvgIpc) is 2.41. The molecule has 2 aromatic rings. The van der Waals surface area contributed by atoms with E-state index in [4.69, 9.17) is 4.74 Å². The highest BCUT2D eigenvalue weighted by molar-refractivity contribution is 7.84. The molecule has 0 fully saturated rings. The molecule has 0 N–H and O–H groups in total. The van der Waals surface area contributed by atoms with Crippen LogP contribution in [0.3, 0.4) is 0 Å². The third-order valence-electron chi connectivity index (χ3n) is 2.63. The van der Waals surface area contributed by atoms with Crippen molar-refractivity contribution in [3.63, 3.8) is 0 Å². The van der Waals surface area contributed by atoms with E-state index in [2.05, 4.69) is 0 Å². The van der Waals surface area contributed by atoms with Gasteiger partial charge < -0.3 is 4.74 Å². The van der Waals surface area contributed by atoms with Gasteiger partial charge in [-0.05, 0) is 18.2 Å². The Morgan fingerprint density at radius 2 is 1.84 bits per heavy atom. The number of methoxy groups -OCH3 is 1. The summed E-state index contributed by atoms with van der Waals surface area (Å²) in [6.45, 7) is 0. The molecule has 0 saturated carbocycles. The van der Waals surface area contributed by atoms with Gasteiger partial charge in [0.25, 0.3) is 0 Å². The maximum absolute atomic E-state index is 13.7. The van der Waals surface area contributed by atoms with Gasteiger partial charge in [-0.3, -0.25) is 4.21 Å². The third-order valence-corrected chi connectivity index (χ3v) is 4.02. The van der Waals surface area contributed by atoms with Crippen LogP contribution in [0.5, 0.6) is 5.75 Å². The van der Waals surface area contributed by atoms with E-state index in [-0.39, 0.29) is 16.2 Å². The van der Waals surface area contributed by atoms with E-state index in [0.717, 1.165) is 0 Å². The smallest absolute Gasteiger partial charge is 0.139 e. The van der Waals surface area contributed by atoms with E-state index in [1.807, 2.05) is 0 Å². The quantitative estimate of drug-likeness (QED) is 0.860. The molecule has 2 rings (SSSR count). The van der Waals surface area contributed by atoms with Gasteiger partial charge in [0, 0.05) is 11.6 Å². The molecule has 0 bridgehead atoms. The lowest BCUT2D eigenvalue weighted by Gasteiger charge is -2.06. The zero-order valence-corrected chi connectivity index (χ0v) is 11.0. The lowest BCUT2D eigenvalue weighted by atomic mass is 10.2. The van der Waals surface area contributed by atoms with Crippen molar-refractivity contribution in [3.05, 3.63) is 59.7 Å². The van der Waals surface area contributed by atoms with E-state index in [9.17, 15) is 13.0 Å². The Kier molecular flexibility index (Phi) is 4.27. The zero-order chi connectivity index (χ0) is 13.8. The van der Waals surface area contributed by atoms with Crippen molar-refractivity contribution >= 4 is 10.8 Å². The van der Waals surface area contributed by atoms with Gasteiger partial charge in [-0.15, -0.1) is 0 Å². The number of benzene rings is 2. The lowest BCUT2D eigenvalue weighted by Crippen LogP contribution is -2.01. The van der Waals surface area contributed by atoms with Crippen molar-refractivity contribution in [2.24, 2.45) is 0 Å². The summed E-state index contributed by atoms with van der Waals surface area (Å²) in [5, 5.41) is 0. The molecule has 0 aliphatic carbocycles. The monoisotopic (exact) mass is 282 g/mol. The van der Waals surface area contributed by atoms with Crippen LogP contribution in [0, 0.1) is 11.6 Å². The van der Waals surface area contributed by atoms with Gasteiger partial charge in [0.15, 0.2) is 0 Å². The molecule has 2 nitrogen and oxygen atoms in total. The fourth-order valence-corrected chi connectivity index (χ4v) is 2.81. The molecule has 0 aliphatic heterocycles. The van der Waals surface area contributed by atoms with Gasteiger partial charge in [-0.2, -0.15) is 0 Å². The van der Waals surface area contributed by atoms with E-state index in [1.54, 1.807) is 12.1 Å². The highest BCUT2D eigenvalue weighted by Gasteiger charge is 2.13. The number of hydrogen-bond donors (Lipinski definition) is 0. The summed E-state index contributed by atoms with van der Waals surface area (Å²) in [6, 6.07) is 10.1. The average molecular weight is 282 g/mol. The second-order valence-electron chi connectivity index (χ2n) is 3.88. The van der Waals surface area contributed by atoms with Gasteiger partial charge >= 0.3 is 0 Å². The molecule has 0 heterocycles. The summed E-state index contributed by atoms with van der Waals surface area (Å²) < 4.78 is 44.1. The molecule has 100 valence electrons. The Morgan fingerprint density at radius 3 is 2.47 bits per heavy atom. The molecule has 5 heteroatoms. The number of hydrogen-bond acceptors (Lipinski definition) is 2. The predicted octanol–water partition coefficient (Wildman–Crippen LogP) is 3.28. The first kappa shape index (κ1) is 13.7. The number of halogens is 2. The van der Waals surface area contributed by atoms with Crippen LogP contribution >= 0.6 is 0 Å². The second kappa shape index (κ2) is 5.93. The summed E-state index contributed by atoms with van der Waals surface area (Å²) >= 11 is 0. The molecule has 1 unspecified atom stereocenters. The molecule has 1 atom stereocenters. The fourth-order valence-electron chi connectivity index (χ4n) is 1.62. The summed E-state index contributed by atoms with van der Waals surface area (Å²) in [5.41, 5.74) is 0.266. The third kappa shape index (κ3) is 3.17. The Bertz CT molecular complexity index is 614. The summed E-state index contributed by atoms with van der Waals surface area (Å²) in [6.07, 6.45) is 0. The topological polar surface area (TPSA) is 26.3 Å². The molecule has 0 radical (unpaired) electrons. The Balaban J connectivity index is 2.22. The van der Waals surface area contributed by atoms with Crippen LogP contribution < -0.4 is 4.74 Å². The fraction of sp³-hybridized carbons (Fsp3) is 0.143. The Labute approximate surface area is 112 Å². The first-order valence-corrected chi connectivity index (χ1v) is 6.89. The Morgan fingerprint density at radius 1 is 1.11 bits per heavy atom. The van der Waals surface area contributed by atoms with Crippen LogP contribution in [0.15, 0.2) is 47.4 Å². The molecule has 2 aromatic carbocycles. The maximum Gasteiger partial charge on any atom is 0.139 e.